The summed E-state index contributed by atoms with van der Waals surface area (Å²) in [6, 6.07) is 29.9. The Kier molecular flexibility index (Phi) is 8.59. The number of amides is 2. The van der Waals surface area contributed by atoms with Gasteiger partial charge in [-0.15, -0.1) is 0 Å². The fraction of sp³-hybridized carbons (Fsp3) is 0.161. The van der Waals surface area contributed by atoms with E-state index in [1.807, 2.05) is 54.6 Å². The summed E-state index contributed by atoms with van der Waals surface area (Å²) in [5.74, 6) is -1.22. The van der Waals surface area contributed by atoms with Gasteiger partial charge in [0.2, 0.25) is 15.9 Å². The average Bonchev–Trinajstić information content (AvgIpc) is 2.95. The SMILES string of the molecule is CC(C)[C@H](NC(=O)c1ccccc1-c1ccccc1CNS(=O)(=O)c1ccc(-c2ccccc2)cc1)C(N)=O. The Labute approximate surface area is 229 Å². The fourth-order valence-corrected chi connectivity index (χ4v) is 5.36. The van der Waals surface area contributed by atoms with Crippen molar-refractivity contribution in [2.45, 2.75) is 31.3 Å². The van der Waals surface area contributed by atoms with E-state index in [1.54, 1.807) is 62.4 Å². The molecule has 0 spiro atoms. The summed E-state index contributed by atoms with van der Waals surface area (Å²) in [6.07, 6.45) is 0. The van der Waals surface area contributed by atoms with Crippen molar-refractivity contribution in [2.24, 2.45) is 11.7 Å². The van der Waals surface area contributed by atoms with Crippen molar-refractivity contribution in [1.29, 1.82) is 0 Å². The Morgan fingerprint density at radius 2 is 1.31 bits per heavy atom. The van der Waals surface area contributed by atoms with E-state index in [9.17, 15) is 18.0 Å². The van der Waals surface area contributed by atoms with Gasteiger partial charge in [-0.2, -0.15) is 0 Å². The Morgan fingerprint density at radius 1 is 0.744 bits per heavy atom. The van der Waals surface area contributed by atoms with Crippen LogP contribution in [0.3, 0.4) is 0 Å². The number of hydrogen-bond donors (Lipinski definition) is 3. The van der Waals surface area contributed by atoms with Gasteiger partial charge in [0.05, 0.1) is 4.90 Å². The quantitative estimate of drug-likeness (QED) is 0.269. The van der Waals surface area contributed by atoms with Crippen LogP contribution in [0.1, 0.15) is 29.8 Å². The van der Waals surface area contributed by atoms with Crippen LogP contribution in [0.2, 0.25) is 0 Å². The highest BCUT2D eigenvalue weighted by Gasteiger charge is 2.24. The van der Waals surface area contributed by atoms with Crippen molar-refractivity contribution < 1.29 is 18.0 Å². The number of sulfonamides is 1. The first-order valence-corrected chi connectivity index (χ1v) is 14.1. The molecular weight excluding hydrogens is 510 g/mol. The lowest BCUT2D eigenvalue weighted by atomic mass is 9.94. The van der Waals surface area contributed by atoms with E-state index < -0.39 is 27.9 Å². The number of nitrogens with two attached hydrogens (primary N) is 1. The summed E-state index contributed by atoms with van der Waals surface area (Å²) in [5.41, 5.74) is 9.77. The summed E-state index contributed by atoms with van der Waals surface area (Å²) in [7, 11) is -3.80. The normalized spacial score (nSPS) is 12.2. The van der Waals surface area contributed by atoms with Gasteiger partial charge < -0.3 is 11.1 Å². The van der Waals surface area contributed by atoms with Gasteiger partial charge >= 0.3 is 0 Å². The molecule has 0 saturated carbocycles. The van der Waals surface area contributed by atoms with E-state index in [4.69, 9.17) is 5.73 Å². The van der Waals surface area contributed by atoms with Gasteiger partial charge in [0.25, 0.3) is 5.91 Å². The second-order valence-electron chi connectivity index (χ2n) is 9.52. The molecule has 0 unspecified atom stereocenters. The Hall–Kier alpha value is -4.27. The van der Waals surface area contributed by atoms with Crippen LogP contribution in [0, 0.1) is 5.92 Å². The lowest BCUT2D eigenvalue weighted by Gasteiger charge is -2.20. The maximum atomic E-state index is 13.2. The molecule has 0 radical (unpaired) electrons. The summed E-state index contributed by atoms with van der Waals surface area (Å²) in [5, 5.41) is 2.73. The third kappa shape index (κ3) is 6.60. The number of hydrogen-bond acceptors (Lipinski definition) is 4. The van der Waals surface area contributed by atoms with Crippen molar-refractivity contribution in [3.63, 3.8) is 0 Å². The van der Waals surface area contributed by atoms with E-state index in [1.165, 1.54) is 0 Å². The van der Waals surface area contributed by atoms with E-state index >= 15 is 0 Å². The summed E-state index contributed by atoms with van der Waals surface area (Å²) < 4.78 is 28.9. The standard InChI is InChI=1S/C31H31N3O4S/c1-21(2)29(30(32)35)34-31(36)28-15-9-8-14-27(28)26-13-7-6-12-24(26)20-33-39(37,38)25-18-16-23(17-19-25)22-10-4-3-5-11-22/h3-19,21,29,33H,20H2,1-2H3,(H2,32,35)(H,34,36)/t29-/m0/s1. The molecule has 39 heavy (non-hydrogen) atoms. The maximum Gasteiger partial charge on any atom is 0.252 e. The number of rotatable bonds is 10. The molecule has 0 bridgehead atoms. The Bertz CT molecular complexity index is 1570. The first-order valence-electron chi connectivity index (χ1n) is 12.6. The van der Waals surface area contributed by atoms with Crippen LogP contribution in [0.4, 0.5) is 0 Å². The zero-order chi connectivity index (χ0) is 28.0. The van der Waals surface area contributed by atoms with Crippen molar-refractivity contribution in [3.8, 4) is 22.3 Å². The van der Waals surface area contributed by atoms with Gasteiger partial charge in [-0.1, -0.05) is 98.8 Å². The lowest BCUT2D eigenvalue weighted by Crippen LogP contribution is -2.47. The van der Waals surface area contributed by atoms with Crippen molar-refractivity contribution >= 4 is 21.8 Å². The fourth-order valence-electron chi connectivity index (χ4n) is 4.35. The average molecular weight is 542 g/mol. The molecule has 7 nitrogen and oxygen atoms in total. The first-order chi connectivity index (χ1) is 18.7. The lowest BCUT2D eigenvalue weighted by molar-refractivity contribution is -0.120. The Balaban J connectivity index is 1.57. The highest BCUT2D eigenvalue weighted by molar-refractivity contribution is 7.89. The molecule has 0 fully saturated rings. The third-order valence-electron chi connectivity index (χ3n) is 6.46. The number of carbonyl (C=O) groups is 2. The molecule has 0 aliphatic carbocycles. The first kappa shape index (κ1) is 27.8. The topological polar surface area (TPSA) is 118 Å². The molecule has 0 aliphatic rings. The predicted octanol–water partition coefficient (Wildman–Crippen LogP) is 4.74. The molecule has 4 aromatic rings. The van der Waals surface area contributed by atoms with Gasteiger partial charge in [0.15, 0.2) is 0 Å². The molecule has 4 rings (SSSR count). The zero-order valence-electron chi connectivity index (χ0n) is 21.8. The van der Waals surface area contributed by atoms with E-state index in [0.29, 0.717) is 22.3 Å². The monoisotopic (exact) mass is 541 g/mol. The van der Waals surface area contributed by atoms with Crippen LogP contribution < -0.4 is 15.8 Å². The molecular formula is C31H31N3O4S. The maximum absolute atomic E-state index is 13.2. The molecule has 0 aliphatic heterocycles. The summed E-state index contributed by atoms with van der Waals surface area (Å²) in [4.78, 5) is 25.2. The van der Waals surface area contributed by atoms with E-state index in [2.05, 4.69) is 10.0 Å². The third-order valence-corrected chi connectivity index (χ3v) is 7.88. The van der Waals surface area contributed by atoms with Gasteiger partial charge in [0, 0.05) is 12.1 Å². The van der Waals surface area contributed by atoms with E-state index in [-0.39, 0.29) is 17.4 Å². The number of carbonyl (C=O) groups excluding carboxylic acids is 2. The molecule has 0 saturated heterocycles. The number of benzene rings is 4. The van der Waals surface area contributed by atoms with Crippen LogP contribution in [0.5, 0.6) is 0 Å². The van der Waals surface area contributed by atoms with Crippen LogP contribution in [0.25, 0.3) is 22.3 Å². The van der Waals surface area contributed by atoms with Crippen LogP contribution in [0.15, 0.2) is 108 Å². The molecule has 1 atom stereocenters. The number of primary amides is 1. The molecule has 0 aromatic heterocycles. The smallest absolute Gasteiger partial charge is 0.252 e. The molecule has 8 heteroatoms. The minimum atomic E-state index is -3.80. The van der Waals surface area contributed by atoms with Crippen molar-refractivity contribution in [2.75, 3.05) is 0 Å². The van der Waals surface area contributed by atoms with E-state index in [0.717, 1.165) is 11.1 Å². The largest absolute Gasteiger partial charge is 0.368 e. The molecule has 2 amide bonds. The van der Waals surface area contributed by atoms with Crippen LogP contribution in [-0.2, 0) is 21.4 Å². The predicted molar refractivity (Wildman–Crippen MR) is 153 cm³/mol. The highest BCUT2D eigenvalue weighted by atomic mass is 32.2. The minimum Gasteiger partial charge on any atom is -0.368 e. The van der Waals surface area contributed by atoms with Crippen LogP contribution in [-0.4, -0.2) is 26.3 Å². The second-order valence-corrected chi connectivity index (χ2v) is 11.3. The second kappa shape index (κ2) is 12.1. The van der Waals surface area contributed by atoms with Crippen LogP contribution >= 0.6 is 0 Å². The highest BCUT2D eigenvalue weighted by Crippen LogP contribution is 2.28. The Morgan fingerprint density at radius 3 is 1.95 bits per heavy atom. The van der Waals surface area contributed by atoms with Gasteiger partial charge in [-0.25, -0.2) is 13.1 Å². The van der Waals surface area contributed by atoms with Crippen molar-refractivity contribution in [1.82, 2.24) is 10.0 Å². The minimum absolute atomic E-state index is 0.0187. The van der Waals surface area contributed by atoms with Gasteiger partial charge in [0.1, 0.15) is 6.04 Å². The van der Waals surface area contributed by atoms with Gasteiger partial charge in [-0.05, 0) is 51.9 Å². The zero-order valence-corrected chi connectivity index (χ0v) is 22.6. The van der Waals surface area contributed by atoms with Gasteiger partial charge in [-0.3, -0.25) is 9.59 Å². The molecule has 4 aromatic carbocycles. The number of nitrogens with one attached hydrogen (secondary N) is 2. The summed E-state index contributed by atoms with van der Waals surface area (Å²) >= 11 is 0. The molecule has 200 valence electrons. The van der Waals surface area contributed by atoms with Crippen molar-refractivity contribution in [3.05, 3.63) is 114 Å². The molecule has 4 N–H and O–H groups in total. The summed E-state index contributed by atoms with van der Waals surface area (Å²) in [6.45, 7) is 3.63. The molecule has 0 heterocycles.